The van der Waals surface area contributed by atoms with Gasteiger partial charge in [0.2, 0.25) is 0 Å². The largest absolute Gasteiger partial charge is 0.398 e. The first-order valence-electron chi connectivity index (χ1n) is 6.67. The molecule has 0 spiro atoms. The van der Waals surface area contributed by atoms with E-state index in [-0.39, 0.29) is 5.78 Å². The van der Waals surface area contributed by atoms with Crippen molar-refractivity contribution in [2.75, 3.05) is 5.73 Å². The summed E-state index contributed by atoms with van der Waals surface area (Å²) in [6.45, 7) is 2.10. The Hall–Kier alpha value is -1.31. The van der Waals surface area contributed by atoms with Gasteiger partial charge in [0.1, 0.15) is 0 Å². The number of ketones is 1. The van der Waals surface area contributed by atoms with Crippen LogP contribution in [0.2, 0.25) is 0 Å². The molecule has 2 rings (SSSR count). The van der Waals surface area contributed by atoms with Crippen LogP contribution >= 0.6 is 0 Å². The molecule has 1 aliphatic carbocycles. The lowest BCUT2D eigenvalue weighted by molar-refractivity contribution is 0.0980. The highest BCUT2D eigenvalue weighted by atomic mass is 16.1. The molecule has 2 heteroatoms. The minimum absolute atomic E-state index is 0.206. The summed E-state index contributed by atoms with van der Waals surface area (Å²) in [5.41, 5.74) is 10.1. The number of carbonyl (C=O) groups is 1. The second-order valence-corrected chi connectivity index (χ2v) is 4.94. The third-order valence-corrected chi connectivity index (χ3v) is 3.57. The number of benzene rings is 1. The summed E-state index contributed by atoms with van der Waals surface area (Å²) >= 11 is 0. The molecule has 1 aliphatic rings. The number of anilines is 1. The van der Waals surface area contributed by atoms with Gasteiger partial charge in [0, 0.05) is 17.7 Å². The molecule has 0 bridgehead atoms. The summed E-state index contributed by atoms with van der Waals surface area (Å²) in [5, 5.41) is 0. The molecule has 0 saturated carbocycles. The van der Waals surface area contributed by atoms with E-state index in [4.69, 9.17) is 5.73 Å². The van der Waals surface area contributed by atoms with E-state index in [1.165, 1.54) is 24.0 Å². The van der Waals surface area contributed by atoms with E-state index in [0.29, 0.717) is 12.1 Å². The van der Waals surface area contributed by atoms with Gasteiger partial charge < -0.3 is 5.73 Å². The Morgan fingerprint density at radius 2 is 1.88 bits per heavy atom. The zero-order chi connectivity index (χ0) is 12.3. The summed E-state index contributed by atoms with van der Waals surface area (Å²) < 4.78 is 0. The highest BCUT2D eigenvalue weighted by molar-refractivity contribution is 6.01. The third-order valence-electron chi connectivity index (χ3n) is 3.57. The second kappa shape index (κ2) is 5.35. The lowest BCUT2D eigenvalue weighted by Crippen LogP contribution is -2.09. The Morgan fingerprint density at radius 1 is 1.24 bits per heavy atom. The molecule has 0 aliphatic heterocycles. The van der Waals surface area contributed by atoms with Gasteiger partial charge in [-0.05, 0) is 55.4 Å². The highest BCUT2D eigenvalue weighted by Crippen LogP contribution is 2.27. The minimum atomic E-state index is 0.206. The van der Waals surface area contributed by atoms with Crippen LogP contribution in [0.25, 0.3) is 0 Å². The molecule has 0 radical (unpaired) electrons. The number of fused-ring (bicyclic) bond motifs is 1. The summed E-state index contributed by atoms with van der Waals surface area (Å²) in [6.07, 6.45) is 7.33. The van der Waals surface area contributed by atoms with Crippen LogP contribution in [0.3, 0.4) is 0 Å². The van der Waals surface area contributed by atoms with Gasteiger partial charge in [-0.1, -0.05) is 13.3 Å². The fraction of sp³-hybridized carbons (Fsp3) is 0.533. The number of Topliss-reactive ketones (excluding diaryl/α,β-unsaturated/α-hetero) is 1. The van der Waals surface area contributed by atoms with Crippen LogP contribution in [0.5, 0.6) is 0 Å². The van der Waals surface area contributed by atoms with E-state index < -0.39 is 0 Å². The molecule has 0 heterocycles. The van der Waals surface area contributed by atoms with Gasteiger partial charge in [-0.2, -0.15) is 0 Å². The molecule has 0 atom stereocenters. The molecule has 1 aromatic rings. The summed E-state index contributed by atoms with van der Waals surface area (Å²) in [4.78, 5) is 12.0. The Balaban J connectivity index is 2.25. The maximum absolute atomic E-state index is 12.0. The first-order valence-corrected chi connectivity index (χ1v) is 6.67. The normalized spacial score (nSPS) is 14.4. The molecule has 0 fully saturated rings. The topological polar surface area (TPSA) is 43.1 Å². The number of hydrogen-bond acceptors (Lipinski definition) is 2. The third kappa shape index (κ3) is 2.68. The molecule has 0 unspecified atom stereocenters. The first kappa shape index (κ1) is 12.2. The van der Waals surface area contributed by atoms with Crippen molar-refractivity contribution in [1.29, 1.82) is 0 Å². The molecule has 0 aromatic heterocycles. The van der Waals surface area contributed by atoms with Gasteiger partial charge in [0.15, 0.2) is 5.78 Å². The quantitative estimate of drug-likeness (QED) is 0.636. The number of nitrogens with two attached hydrogens (primary N) is 1. The van der Waals surface area contributed by atoms with Crippen LogP contribution in [0.4, 0.5) is 5.69 Å². The van der Waals surface area contributed by atoms with E-state index in [1.54, 1.807) is 0 Å². The first-order chi connectivity index (χ1) is 8.22. The van der Waals surface area contributed by atoms with Crippen LogP contribution in [-0.2, 0) is 12.8 Å². The highest BCUT2D eigenvalue weighted by Gasteiger charge is 2.15. The standard InChI is InChI=1S/C15H21NO/c1-2-3-8-15(17)13-9-11-6-4-5-7-12(11)10-14(13)16/h9-10H,2-8,16H2,1H3. The van der Waals surface area contributed by atoms with Crippen LogP contribution in [0, 0.1) is 0 Å². The van der Waals surface area contributed by atoms with Crippen LogP contribution in [0.15, 0.2) is 12.1 Å². The van der Waals surface area contributed by atoms with Crippen molar-refractivity contribution in [1.82, 2.24) is 0 Å². The van der Waals surface area contributed by atoms with Crippen LogP contribution in [0.1, 0.15) is 60.5 Å². The maximum Gasteiger partial charge on any atom is 0.164 e. The van der Waals surface area contributed by atoms with Crippen molar-refractivity contribution in [3.63, 3.8) is 0 Å². The van der Waals surface area contributed by atoms with E-state index in [9.17, 15) is 4.79 Å². The number of carbonyl (C=O) groups excluding carboxylic acids is 1. The van der Waals surface area contributed by atoms with Crippen molar-refractivity contribution < 1.29 is 4.79 Å². The van der Waals surface area contributed by atoms with Gasteiger partial charge >= 0.3 is 0 Å². The fourth-order valence-electron chi connectivity index (χ4n) is 2.52. The van der Waals surface area contributed by atoms with Crippen molar-refractivity contribution >= 4 is 11.5 Å². The lowest BCUT2D eigenvalue weighted by Gasteiger charge is -2.18. The van der Waals surface area contributed by atoms with Crippen molar-refractivity contribution in [3.8, 4) is 0 Å². The van der Waals surface area contributed by atoms with Gasteiger partial charge in [-0.3, -0.25) is 4.79 Å². The average molecular weight is 231 g/mol. The summed E-state index contributed by atoms with van der Waals surface area (Å²) in [7, 11) is 0. The molecular weight excluding hydrogens is 210 g/mol. The zero-order valence-electron chi connectivity index (χ0n) is 10.6. The number of nitrogen functional groups attached to an aromatic ring is 1. The maximum atomic E-state index is 12.0. The Morgan fingerprint density at radius 3 is 2.53 bits per heavy atom. The molecule has 0 saturated heterocycles. The molecule has 0 amide bonds. The predicted octanol–water partition coefficient (Wildman–Crippen LogP) is 3.52. The van der Waals surface area contributed by atoms with Gasteiger partial charge in [-0.15, -0.1) is 0 Å². The Bertz CT molecular complexity index is 423. The van der Waals surface area contributed by atoms with E-state index in [1.807, 2.05) is 12.1 Å². The molecular formula is C15H21NO. The Labute approximate surface area is 103 Å². The van der Waals surface area contributed by atoms with Gasteiger partial charge in [-0.25, -0.2) is 0 Å². The van der Waals surface area contributed by atoms with Gasteiger partial charge in [0.05, 0.1) is 0 Å². The van der Waals surface area contributed by atoms with E-state index in [2.05, 4.69) is 6.92 Å². The fourth-order valence-corrected chi connectivity index (χ4v) is 2.52. The number of hydrogen-bond donors (Lipinski definition) is 1. The predicted molar refractivity (Wildman–Crippen MR) is 71.4 cm³/mol. The van der Waals surface area contributed by atoms with E-state index in [0.717, 1.165) is 31.2 Å². The second-order valence-electron chi connectivity index (χ2n) is 4.94. The molecule has 1 aromatic carbocycles. The monoisotopic (exact) mass is 231 g/mol. The molecule has 2 N–H and O–H groups in total. The molecule has 92 valence electrons. The zero-order valence-corrected chi connectivity index (χ0v) is 10.6. The summed E-state index contributed by atoms with van der Waals surface area (Å²) in [6, 6.07) is 4.06. The molecule has 17 heavy (non-hydrogen) atoms. The summed E-state index contributed by atoms with van der Waals surface area (Å²) in [5.74, 6) is 0.206. The minimum Gasteiger partial charge on any atom is -0.398 e. The van der Waals surface area contributed by atoms with Crippen molar-refractivity contribution in [2.24, 2.45) is 0 Å². The smallest absolute Gasteiger partial charge is 0.164 e. The van der Waals surface area contributed by atoms with Crippen molar-refractivity contribution in [2.45, 2.75) is 51.9 Å². The SMILES string of the molecule is CCCCC(=O)c1cc2c(cc1N)CCCC2. The van der Waals surface area contributed by atoms with Crippen LogP contribution < -0.4 is 5.73 Å². The van der Waals surface area contributed by atoms with E-state index >= 15 is 0 Å². The average Bonchev–Trinajstić information content (AvgIpc) is 2.35. The lowest BCUT2D eigenvalue weighted by atomic mass is 9.88. The number of unbranched alkanes of at least 4 members (excludes halogenated alkanes) is 1. The van der Waals surface area contributed by atoms with Crippen molar-refractivity contribution in [3.05, 3.63) is 28.8 Å². The number of rotatable bonds is 4. The number of aryl methyl sites for hydroxylation is 2. The van der Waals surface area contributed by atoms with Gasteiger partial charge in [0.25, 0.3) is 0 Å². The van der Waals surface area contributed by atoms with Crippen LogP contribution in [-0.4, -0.2) is 5.78 Å². The Kier molecular flexibility index (Phi) is 3.82. The molecule has 2 nitrogen and oxygen atoms in total.